The number of benzene rings is 1. The van der Waals surface area contributed by atoms with Crippen molar-refractivity contribution in [2.24, 2.45) is 0 Å². The van der Waals surface area contributed by atoms with E-state index in [1.807, 2.05) is 0 Å². The summed E-state index contributed by atoms with van der Waals surface area (Å²) in [7, 11) is 0. The Bertz CT molecular complexity index is 1220. The highest BCUT2D eigenvalue weighted by molar-refractivity contribution is 5.90. The molecule has 1 atom stereocenters. The Balaban J connectivity index is 1.66. The summed E-state index contributed by atoms with van der Waals surface area (Å²) in [4.78, 5) is 25.8. The molecule has 0 spiro atoms. The van der Waals surface area contributed by atoms with Crippen LogP contribution in [-0.2, 0) is 4.79 Å². The summed E-state index contributed by atoms with van der Waals surface area (Å²) >= 11 is 0. The van der Waals surface area contributed by atoms with Gasteiger partial charge >= 0.3 is 0 Å². The molecular formula is C20H17N5O2. The highest BCUT2D eigenvalue weighted by Crippen LogP contribution is 2.24. The van der Waals surface area contributed by atoms with Crippen LogP contribution in [0.5, 0.6) is 0 Å². The zero-order valence-electron chi connectivity index (χ0n) is 17.2. The van der Waals surface area contributed by atoms with Crippen LogP contribution in [0.1, 0.15) is 16.1 Å². The number of carbonyl (C=O) groups is 1. The fourth-order valence-electron chi connectivity index (χ4n) is 2.87. The van der Waals surface area contributed by atoms with Crippen molar-refractivity contribution in [3.05, 3.63) is 48.3 Å². The second-order valence-corrected chi connectivity index (χ2v) is 6.22. The minimum Gasteiger partial charge on any atom is -0.383 e. The highest BCUT2D eigenvalue weighted by atomic mass is 16.3. The van der Waals surface area contributed by atoms with Crippen LogP contribution >= 0.6 is 0 Å². The topological polar surface area (TPSA) is 105 Å². The molecular weight excluding hydrogens is 342 g/mol. The first-order valence-electron chi connectivity index (χ1n) is 9.73. The van der Waals surface area contributed by atoms with Crippen LogP contribution in [0.4, 0.5) is 5.82 Å². The molecule has 2 aromatic heterocycles. The molecule has 1 saturated heterocycles. The Hall–Kier alpha value is -3.50. The van der Waals surface area contributed by atoms with Crippen molar-refractivity contribution in [3.63, 3.8) is 0 Å². The number of nitrogens with zero attached hydrogens (tertiary/aromatic N) is 4. The molecule has 27 heavy (non-hydrogen) atoms. The van der Waals surface area contributed by atoms with Crippen molar-refractivity contribution in [1.29, 1.82) is 0 Å². The predicted octanol–water partition coefficient (Wildman–Crippen LogP) is 1.22. The number of nitrogen functional groups attached to an aromatic ring is 1. The number of anilines is 1. The van der Waals surface area contributed by atoms with Gasteiger partial charge in [-0.05, 0) is 18.2 Å². The largest absolute Gasteiger partial charge is 0.383 e. The van der Waals surface area contributed by atoms with Gasteiger partial charge < -0.3 is 15.7 Å². The maximum Gasteiger partial charge on any atom is 0.267 e. The van der Waals surface area contributed by atoms with Crippen molar-refractivity contribution >= 4 is 22.6 Å². The summed E-state index contributed by atoms with van der Waals surface area (Å²) in [5.74, 6) is 5.10. The number of nitrogens with two attached hydrogens (primary N) is 1. The first kappa shape index (κ1) is 13.7. The number of hydrogen-bond donors (Lipinski definition) is 2. The van der Waals surface area contributed by atoms with Gasteiger partial charge in [-0.1, -0.05) is 24.0 Å². The molecule has 7 heteroatoms. The maximum atomic E-state index is 12.3. The lowest BCUT2D eigenvalue weighted by atomic mass is 10.0. The van der Waals surface area contributed by atoms with Crippen molar-refractivity contribution in [2.75, 3.05) is 19.3 Å². The number of aliphatic hydroxyl groups is 1. The molecule has 0 saturated carbocycles. The number of likely N-dealkylation sites (N-methyl/N-ethyl adjacent to an activating group) is 1. The van der Waals surface area contributed by atoms with E-state index in [4.69, 9.17) is 9.85 Å². The number of hydrogen-bond acceptors (Lipinski definition) is 6. The Kier molecular flexibility index (Phi) is 3.21. The average molecular weight is 362 g/mol. The summed E-state index contributed by atoms with van der Waals surface area (Å²) < 4.78 is 22.1. The van der Waals surface area contributed by atoms with Crippen LogP contribution in [0, 0.1) is 11.8 Å². The average Bonchev–Trinajstić information content (AvgIpc) is 3.02. The minimum atomic E-state index is -2.61. The van der Waals surface area contributed by atoms with Gasteiger partial charge in [-0.3, -0.25) is 9.78 Å². The molecule has 1 amide bonds. The maximum absolute atomic E-state index is 12.3. The van der Waals surface area contributed by atoms with E-state index in [2.05, 4.69) is 26.8 Å². The molecule has 7 nitrogen and oxygen atoms in total. The van der Waals surface area contributed by atoms with Crippen molar-refractivity contribution in [1.82, 2.24) is 19.9 Å². The summed E-state index contributed by atoms with van der Waals surface area (Å²) in [5, 5.41) is 11.2. The highest BCUT2D eigenvalue weighted by Gasteiger charge is 2.42. The first-order chi connectivity index (χ1) is 14.2. The molecule has 1 fully saturated rings. The van der Waals surface area contributed by atoms with Crippen LogP contribution in [0.3, 0.4) is 0 Å². The van der Waals surface area contributed by atoms with Crippen LogP contribution < -0.4 is 5.73 Å². The van der Waals surface area contributed by atoms with Gasteiger partial charge in [0.15, 0.2) is 5.82 Å². The Morgan fingerprint density at radius 3 is 3.07 bits per heavy atom. The number of amides is 1. The number of carbonyl (C=O) groups excluding carboxylic acids is 1. The number of fused-ring (bicyclic) bond motifs is 1. The Morgan fingerprint density at radius 2 is 2.26 bits per heavy atom. The van der Waals surface area contributed by atoms with Crippen LogP contribution in [0.15, 0.2) is 42.7 Å². The SMILES string of the molecule is [2H]C([2H])([2H])N1CC[C@@](O)(C#Cc2cccc(-c3nc(N)c4ccncc4n3)c2)C1=O. The summed E-state index contributed by atoms with van der Waals surface area (Å²) in [6.07, 6.45) is 3.13. The van der Waals surface area contributed by atoms with Gasteiger partial charge in [0.25, 0.3) is 5.91 Å². The van der Waals surface area contributed by atoms with Gasteiger partial charge in [0.2, 0.25) is 5.60 Å². The standard InChI is InChI=1S/C20H17N5O2/c1-25-10-8-20(27,19(25)26)7-5-13-3-2-4-14(11-13)18-23-16-12-22-9-6-15(16)17(21)24-18/h2-4,6,9,11-12,27H,8,10H2,1H3,(H2,21,23,24)/t20-/m0/s1/i1D3. The van der Waals surface area contributed by atoms with E-state index in [-0.39, 0.29) is 13.0 Å². The van der Waals surface area contributed by atoms with Gasteiger partial charge in [-0.15, -0.1) is 0 Å². The third-order valence-electron chi connectivity index (χ3n) is 4.36. The summed E-state index contributed by atoms with van der Waals surface area (Å²) in [6.45, 7) is -2.69. The molecule has 3 aromatic rings. The molecule has 134 valence electrons. The lowest BCUT2D eigenvalue weighted by Gasteiger charge is -2.13. The van der Waals surface area contributed by atoms with Crippen molar-refractivity contribution in [3.8, 4) is 23.2 Å². The van der Waals surface area contributed by atoms with E-state index in [1.165, 1.54) is 0 Å². The minimum absolute atomic E-state index is 0.0752. The zero-order chi connectivity index (χ0) is 21.5. The van der Waals surface area contributed by atoms with E-state index < -0.39 is 18.5 Å². The normalized spacial score (nSPS) is 21.3. The molecule has 1 aliphatic heterocycles. The number of pyridine rings is 1. The Labute approximate surface area is 160 Å². The molecule has 1 aromatic carbocycles. The zero-order valence-corrected chi connectivity index (χ0v) is 14.2. The first-order valence-corrected chi connectivity index (χ1v) is 8.23. The third-order valence-corrected chi connectivity index (χ3v) is 4.36. The number of aromatic nitrogens is 3. The van der Waals surface area contributed by atoms with E-state index in [0.717, 1.165) is 0 Å². The van der Waals surface area contributed by atoms with Gasteiger partial charge in [-0.2, -0.15) is 0 Å². The van der Waals surface area contributed by atoms with Crippen LogP contribution in [0.2, 0.25) is 0 Å². The fraction of sp³-hybridized carbons (Fsp3) is 0.200. The van der Waals surface area contributed by atoms with Crippen molar-refractivity contribution < 1.29 is 14.0 Å². The molecule has 3 N–H and O–H groups in total. The van der Waals surface area contributed by atoms with Gasteiger partial charge in [0.1, 0.15) is 5.82 Å². The fourth-order valence-corrected chi connectivity index (χ4v) is 2.87. The predicted molar refractivity (Wildman–Crippen MR) is 101 cm³/mol. The van der Waals surface area contributed by atoms with E-state index >= 15 is 0 Å². The van der Waals surface area contributed by atoms with Crippen molar-refractivity contribution in [2.45, 2.75) is 12.0 Å². The quantitative estimate of drug-likeness (QED) is 0.631. The van der Waals surface area contributed by atoms with Crippen LogP contribution in [0.25, 0.3) is 22.3 Å². The summed E-state index contributed by atoms with van der Waals surface area (Å²) in [6, 6.07) is 8.66. The summed E-state index contributed by atoms with van der Waals surface area (Å²) in [5.41, 5.74) is 5.76. The lowest BCUT2D eigenvalue weighted by molar-refractivity contribution is -0.137. The second-order valence-electron chi connectivity index (χ2n) is 6.22. The monoisotopic (exact) mass is 362 g/mol. The lowest BCUT2D eigenvalue weighted by Crippen LogP contribution is -2.37. The molecule has 1 aliphatic rings. The van der Waals surface area contributed by atoms with E-state index in [9.17, 15) is 9.90 Å². The molecule has 0 radical (unpaired) electrons. The van der Waals surface area contributed by atoms with Crippen LogP contribution in [-0.4, -0.2) is 50.0 Å². The van der Waals surface area contributed by atoms with Gasteiger partial charge in [0, 0.05) is 46.8 Å². The molecule has 0 aliphatic carbocycles. The third kappa shape index (κ3) is 3.07. The molecule has 0 bridgehead atoms. The number of rotatable bonds is 1. The number of likely N-dealkylation sites (tertiary alicyclic amines) is 1. The van der Waals surface area contributed by atoms with E-state index in [1.54, 1.807) is 42.7 Å². The van der Waals surface area contributed by atoms with E-state index in [0.29, 0.717) is 38.6 Å². The molecule has 3 heterocycles. The molecule has 0 unspecified atom stereocenters. The smallest absolute Gasteiger partial charge is 0.267 e. The molecule has 4 rings (SSSR count). The van der Waals surface area contributed by atoms with Gasteiger partial charge in [0.05, 0.1) is 11.7 Å². The van der Waals surface area contributed by atoms with Gasteiger partial charge in [-0.25, -0.2) is 9.97 Å². The second kappa shape index (κ2) is 6.34. The Morgan fingerprint density at radius 1 is 1.37 bits per heavy atom.